The number of halogens is 3. The molecule has 7 aromatic rings. The Morgan fingerprint density at radius 3 is 1.45 bits per heavy atom. The molecular weight excluding hydrogens is 1070 g/mol. The van der Waals surface area contributed by atoms with Gasteiger partial charge in [0.2, 0.25) is 0 Å². The van der Waals surface area contributed by atoms with E-state index in [0.29, 0.717) is 41.8 Å². The van der Waals surface area contributed by atoms with Crippen LogP contribution in [0.15, 0.2) is 146 Å². The number of hydrogen-bond donors (Lipinski definition) is 1. The third-order valence-electron chi connectivity index (χ3n) is 11.0. The minimum Gasteiger partial charge on any atom is -0.753 e. The van der Waals surface area contributed by atoms with Crippen LogP contribution in [-0.4, -0.2) is 56.4 Å². The van der Waals surface area contributed by atoms with Crippen LogP contribution < -0.4 is 19.1 Å². The van der Waals surface area contributed by atoms with Gasteiger partial charge in [-0.05, 0) is 103 Å². The van der Waals surface area contributed by atoms with Crippen LogP contribution in [-0.2, 0) is 46.7 Å². The molecule has 0 radical (unpaired) electrons. The van der Waals surface area contributed by atoms with Gasteiger partial charge in [0.1, 0.15) is 23.0 Å². The maximum atomic E-state index is 12.7. The molecule has 7 rings (SSSR count). The van der Waals surface area contributed by atoms with Crippen molar-refractivity contribution in [2.45, 2.75) is 71.4 Å². The smallest absolute Gasteiger partial charge is 0.753 e. The summed E-state index contributed by atoms with van der Waals surface area (Å²) in [6.07, 6.45) is 9.48. The molecule has 0 spiro atoms. The van der Waals surface area contributed by atoms with Crippen molar-refractivity contribution >= 4 is 65.3 Å². The predicted molar refractivity (Wildman–Crippen MR) is 284 cm³/mol. The molecule has 0 aliphatic rings. The quantitative estimate of drug-likeness (QED) is 0.0221. The van der Waals surface area contributed by atoms with Gasteiger partial charge in [-0.3, -0.25) is 34.7 Å². The number of unbranched alkanes of at least 4 members (excludes halogenated alkanes) is 4. The van der Waals surface area contributed by atoms with Gasteiger partial charge >= 0.3 is 25.7 Å². The molecule has 0 aliphatic heterocycles. The molecule has 2 N–H and O–H groups in total. The van der Waals surface area contributed by atoms with Crippen LogP contribution >= 0.6 is 12.2 Å². The average molecular weight is 1120 g/mol. The van der Waals surface area contributed by atoms with Crippen molar-refractivity contribution < 1.29 is 61.2 Å². The third kappa shape index (κ3) is 18.4. The Balaban J connectivity index is 0.000000335. The summed E-state index contributed by atoms with van der Waals surface area (Å²) < 4.78 is 52.6. The Labute approximate surface area is 451 Å². The molecule has 0 aliphatic carbocycles. The second kappa shape index (κ2) is 30.8. The van der Waals surface area contributed by atoms with E-state index in [4.69, 9.17) is 30.8 Å². The molecule has 19 heteroatoms. The summed E-state index contributed by atoms with van der Waals surface area (Å²) in [5, 5.41) is 15.6. The van der Waals surface area contributed by atoms with Gasteiger partial charge < -0.3 is 30.3 Å². The predicted octanol–water partition coefficient (Wildman–Crippen LogP) is 14.1. The summed E-state index contributed by atoms with van der Waals surface area (Å²) >= 11 is 3.70. The van der Waals surface area contributed by atoms with Gasteiger partial charge in [-0.15, -0.1) is 5.70 Å². The zero-order chi connectivity index (χ0) is 53.3. The maximum Gasteiger partial charge on any atom is 2.00 e. The molecule has 4 aromatic heterocycles. The van der Waals surface area contributed by atoms with E-state index in [2.05, 4.69) is 99.4 Å². The summed E-state index contributed by atoms with van der Waals surface area (Å²) in [5.74, 6) is 0.760. The third-order valence-corrected chi connectivity index (χ3v) is 11.0. The molecule has 0 saturated heterocycles. The number of alkyl halides is 3. The first-order chi connectivity index (χ1) is 35.8. The molecule has 0 atom stereocenters. The van der Waals surface area contributed by atoms with Crippen LogP contribution in [0.2, 0.25) is 0 Å². The number of carbonyl (C=O) groups is 3. The molecule has 14 nitrogen and oxygen atoms in total. The van der Waals surface area contributed by atoms with E-state index in [0.717, 1.165) is 41.0 Å². The van der Waals surface area contributed by atoms with Crippen molar-refractivity contribution in [1.29, 1.82) is 5.41 Å². The van der Waals surface area contributed by atoms with Crippen molar-refractivity contribution in [3.05, 3.63) is 174 Å². The van der Waals surface area contributed by atoms with E-state index < -0.39 is 17.6 Å². The molecule has 0 unspecified atom stereocenters. The number of aryl methyl sites for hydroxylation is 2. The Kier molecular flexibility index (Phi) is 24.4. The molecule has 75 heavy (non-hydrogen) atoms. The molecule has 0 fully saturated rings. The maximum absolute atomic E-state index is 12.7. The Hall–Kier alpha value is -8.11. The Morgan fingerprint density at radius 1 is 0.640 bits per heavy atom. The largest absolute Gasteiger partial charge is 2.00 e. The number of carbonyl (C=O) groups excluding carboxylic acids is 3. The number of allylic oxidation sites excluding steroid dienone is 1. The van der Waals surface area contributed by atoms with E-state index in [-0.39, 0.29) is 48.9 Å². The number of thiocarbonyl (C=S) groups is 1. The van der Waals surface area contributed by atoms with Crippen molar-refractivity contribution in [1.82, 2.24) is 19.9 Å². The molecule has 386 valence electrons. The van der Waals surface area contributed by atoms with Crippen LogP contribution in [0.1, 0.15) is 69.2 Å². The SMILES string of the molecule is CCCCCc1ccc(N(c2ccc(CCCCC)cc2)c2ccc(-c3ccc(/C([NH-])=C/C(=N)C(F)(F)F)nc3)cc2)cc1.O=COc1ccnc(-c2cc(OC=O)cc(-c3cc(OC=O)ccn3)n2)c1.[N-]=C=S.[Ru+2]. The van der Waals surface area contributed by atoms with E-state index in [1.165, 1.54) is 116 Å². The Morgan fingerprint density at radius 2 is 1.05 bits per heavy atom. The van der Waals surface area contributed by atoms with Gasteiger partial charge in [0.25, 0.3) is 19.4 Å². The number of hydrogen-bond acceptors (Lipinski definition) is 13. The number of ether oxygens (including phenoxy) is 3. The van der Waals surface area contributed by atoms with Gasteiger partial charge in [-0.2, -0.15) is 18.3 Å². The Bertz CT molecular complexity index is 2890. The van der Waals surface area contributed by atoms with Crippen molar-refractivity contribution in [3.8, 4) is 51.2 Å². The van der Waals surface area contributed by atoms with Crippen molar-refractivity contribution in [3.63, 3.8) is 0 Å². The number of pyridine rings is 4. The summed E-state index contributed by atoms with van der Waals surface area (Å²) in [7, 11) is 0. The molecule has 4 heterocycles. The van der Waals surface area contributed by atoms with E-state index in [9.17, 15) is 27.6 Å². The van der Waals surface area contributed by atoms with Crippen LogP contribution in [0.25, 0.3) is 50.7 Å². The minimum atomic E-state index is -4.80. The van der Waals surface area contributed by atoms with Crippen LogP contribution in [0.3, 0.4) is 0 Å². The summed E-state index contributed by atoms with van der Waals surface area (Å²) in [5.41, 5.74) is 14.9. The van der Waals surface area contributed by atoms with E-state index in [1.54, 1.807) is 6.07 Å². The van der Waals surface area contributed by atoms with Crippen molar-refractivity contribution in [2.24, 2.45) is 0 Å². The fourth-order valence-corrected chi connectivity index (χ4v) is 7.31. The minimum absolute atomic E-state index is 0. The average Bonchev–Trinajstić information content (AvgIpc) is 3.40. The number of rotatable bonds is 22. The standard InChI is InChI=1S/C37H40F3N4.C18H11N3O6.CNS.Ru/c1-3-5-7-9-27-11-18-31(19-12-27)44(32-20-13-28(14-21-32)10-8-6-4-2)33-22-15-29(16-23-33)30-17-24-35(43-26-30)34(41)25-36(42)37(38,39)40;22-9-25-12-1-3-19-15(5-12)17-7-14(27-11-24)8-18(21-17)16-6-13(26-10-23)2-4-20-16;2-1-3;/h11-26,41-42H,3-10H2,1-2H3;1-11H;;/q-1;;-1;+2/b34-25-,42-36?;;;. The summed E-state index contributed by atoms with van der Waals surface area (Å²) in [6.45, 7) is 5.31. The van der Waals surface area contributed by atoms with Gasteiger partial charge in [-0.1, -0.05) is 94.2 Å². The van der Waals surface area contributed by atoms with E-state index >= 15 is 0 Å². The molecule has 3 aromatic carbocycles. The second-order valence-electron chi connectivity index (χ2n) is 16.1. The zero-order valence-electron chi connectivity index (χ0n) is 40.8. The fraction of sp³-hybridized carbons (Fsp3) is 0.196. The number of benzene rings is 3. The van der Waals surface area contributed by atoms with Gasteiger partial charge in [0, 0.05) is 71.2 Å². The second-order valence-corrected chi connectivity index (χ2v) is 16.3. The van der Waals surface area contributed by atoms with E-state index in [1.807, 2.05) is 24.3 Å². The van der Waals surface area contributed by atoms with Crippen LogP contribution in [0, 0.1) is 5.41 Å². The summed E-state index contributed by atoms with van der Waals surface area (Å²) in [6, 6.07) is 37.9. The molecule has 0 saturated carbocycles. The first-order valence-corrected chi connectivity index (χ1v) is 23.7. The summed E-state index contributed by atoms with van der Waals surface area (Å²) in [4.78, 5) is 51.0. The van der Waals surface area contributed by atoms with Gasteiger partial charge in [0.15, 0.2) is 0 Å². The first kappa shape index (κ1) is 59.5. The number of nitrogens with one attached hydrogen (secondary N) is 2. The van der Waals surface area contributed by atoms with Crippen LogP contribution in [0.4, 0.5) is 30.2 Å². The zero-order valence-corrected chi connectivity index (χ0v) is 43.3. The fourth-order valence-electron chi connectivity index (χ4n) is 7.31. The number of nitrogens with zero attached hydrogens (tertiary/aromatic N) is 6. The first-order valence-electron chi connectivity index (χ1n) is 23.3. The molecular formula is C56H51F3N8O6RuS. The van der Waals surface area contributed by atoms with Gasteiger partial charge in [-0.25, -0.2) is 4.98 Å². The number of anilines is 3. The van der Waals surface area contributed by atoms with Crippen LogP contribution in [0.5, 0.6) is 17.2 Å². The topological polar surface area (TPSA) is 204 Å². The normalized spacial score (nSPS) is 10.7. The van der Waals surface area contributed by atoms with Crippen molar-refractivity contribution in [2.75, 3.05) is 4.90 Å². The monoisotopic (exact) mass is 1120 g/mol. The number of aromatic nitrogens is 4. The number of isothiocyanates is 1. The molecule has 0 bridgehead atoms. The molecule has 0 amide bonds. The van der Waals surface area contributed by atoms with Gasteiger partial charge in [0.05, 0.1) is 22.8 Å².